The largest absolute Gasteiger partial charge is 0.298 e. The standard InChI is InChI=1S/C25H23NO3S/c27-21(14-30)12-17-3-1-15(2-4-17)11-16-5-9-20(10-6-16)26-24(28)22-18-7-8-19(13-18)23(22)25(26)29/h1-10,18-19,22-23,30H,11-14H2. The summed E-state index contributed by atoms with van der Waals surface area (Å²) in [4.78, 5) is 38.8. The molecule has 2 bridgehead atoms. The Balaban J connectivity index is 1.28. The van der Waals surface area contributed by atoms with E-state index in [0.29, 0.717) is 12.1 Å². The molecule has 1 saturated carbocycles. The third kappa shape index (κ3) is 3.21. The Morgan fingerprint density at radius 2 is 1.33 bits per heavy atom. The molecule has 2 aromatic carbocycles. The molecular weight excluding hydrogens is 394 g/mol. The first-order valence-corrected chi connectivity index (χ1v) is 11.0. The first-order valence-electron chi connectivity index (χ1n) is 10.4. The van der Waals surface area contributed by atoms with Gasteiger partial charge in [0.05, 0.1) is 17.5 Å². The fraction of sp³-hybridized carbons (Fsp3) is 0.320. The van der Waals surface area contributed by atoms with Gasteiger partial charge in [0, 0.05) is 12.2 Å². The monoisotopic (exact) mass is 417 g/mol. The third-order valence-corrected chi connectivity index (χ3v) is 7.03. The molecule has 2 aromatic rings. The molecule has 152 valence electrons. The van der Waals surface area contributed by atoms with Crippen LogP contribution in [0.15, 0.2) is 60.7 Å². The van der Waals surface area contributed by atoms with Gasteiger partial charge in [0.2, 0.25) is 11.8 Å². The maximum Gasteiger partial charge on any atom is 0.238 e. The van der Waals surface area contributed by atoms with E-state index in [-0.39, 0.29) is 47.0 Å². The van der Waals surface area contributed by atoms with Crippen LogP contribution in [-0.2, 0) is 27.2 Å². The highest BCUT2D eigenvalue weighted by atomic mass is 32.1. The summed E-state index contributed by atoms with van der Waals surface area (Å²) in [7, 11) is 0. The maximum atomic E-state index is 12.9. The van der Waals surface area contributed by atoms with Gasteiger partial charge in [0.25, 0.3) is 0 Å². The molecule has 0 N–H and O–H groups in total. The Morgan fingerprint density at radius 1 is 0.833 bits per heavy atom. The van der Waals surface area contributed by atoms with Crippen molar-refractivity contribution in [2.45, 2.75) is 19.3 Å². The van der Waals surface area contributed by atoms with E-state index in [0.717, 1.165) is 29.5 Å². The molecule has 5 rings (SSSR count). The number of thiol groups is 1. The summed E-state index contributed by atoms with van der Waals surface area (Å²) in [5.74, 6) is 0.413. The smallest absolute Gasteiger partial charge is 0.238 e. The number of allylic oxidation sites excluding steroid dienone is 2. The molecule has 2 fully saturated rings. The van der Waals surface area contributed by atoms with E-state index in [1.54, 1.807) is 0 Å². The number of rotatable bonds is 6. The average Bonchev–Trinajstić information content (AvgIpc) is 3.44. The summed E-state index contributed by atoms with van der Waals surface area (Å²) in [6, 6.07) is 15.7. The van der Waals surface area contributed by atoms with Crippen LogP contribution in [0.4, 0.5) is 5.69 Å². The second-order valence-electron chi connectivity index (χ2n) is 8.55. The molecule has 1 aliphatic heterocycles. The summed E-state index contributed by atoms with van der Waals surface area (Å²) in [6.45, 7) is 0. The van der Waals surface area contributed by atoms with Crippen LogP contribution in [-0.4, -0.2) is 23.4 Å². The molecule has 4 atom stereocenters. The van der Waals surface area contributed by atoms with Crippen LogP contribution < -0.4 is 4.90 Å². The van der Waals surface area contributed by atoms with Gasteiger partial charge in [-0.1, -0.05) is 48.6 Å². The van der Waals surface area contributed by atoms with Gasteiger partial charge in [-0.15, -0.1) is 0 Å². The molecule has 0 aromatic heterocycles. The van der Waals surface area contributed by atoms with Gasteiger partial charge in [0.1, 0.15) is 5.78 Å². The second kappa shape index (κ2) is 7.55. The van der Waals surface area contributed by atoms with E-state index >= 15 is 0 Å². The van der Waals surface area contributed by atoms with Crippen LogP contribution in [0.25, 0.3) is 0 Å². The number of Topliss-reactive ketones (excluding diaryl/α,β-unsaturated/α-hetero) is 1. The molecule has 0 spiro atoms. The number of hydrogen-bond acceptors (Lipinski definition) is 4. The maximum absolute atomic E-state index is 12.9. The minimum Gasteiger partial charge on any atom is -0.298 e. The third-order valence-electron chi connectivity index (χ3n) is 6.67. The van der Waals surface area contributed by atoms with Crippen LogP contribution in [0.5, 0.6) is 0 Å². The highest BCUT2D eigenvalue weighted by Crippen LogP contribution is 2.53. The second-order valence-corrected chi connectivity index (χ2v) is 8.86. The van der Waals surface area contributed by atoms with E-state index in [4.69, 9.17) is 0 Å². The first-order chi connectivity index (χ1) is 14.5. The summed E-state index contributed by atoms with van der Waals surface area (Å²) in [6.07, 6.45) is 6.34. The lowest BCUT2D eigenvalue weighted by molar-refractivity contribution is -0.123. The van der Waals surface area contributed by atoms with E-state index in [2.05, 4.69) is 24.8 Å². The van der Waals surface area contributed by atoms with Gasteiger partial charge in [-0.05, 0) is 53.5 Å². The molecule has 3 aliphatic rings. The van der Waals surface area contributed by atoms with Gasteiger partial charge in [0.15, 0.2) is 0 Å². The quantitative estimate of drug-likeness (QED) is 0.444. The Kier molecular flexibility index (Phi) is 4.86. The van der Waals surface area contributed by atoms with Crippen molar-refractivity contribution < 1.29 is 14.4 Å². The van der Waals surface area contributed by atoms with Gasteiger partial charge >= 0.3 is 0 Å². The number of ketones is 1. The predicted octanol–water partition coefficient (Wildman–Crippen LogP) is 3.63. The average molecular weight is 418 g/mol. The molecule has 30 heavy (non-hydrogen) atoms. The lowest BCUT2D eigenvalue weighted by Gasteiger charge is -2.17. The van der Waals surface area contributed by atoms with Crippen molar-refractivity contribution in [3.63, 3.8) is 0 Å². The Bertz CT molecular complexity index is 1010. The van der Waals surface area contributed by atoms with Gasteiger partial charge < -0.3 is 0 Å². The van der Waals surface area contributed by atoms with Crippen molar-refractivity contribution >= 4 is 35.9 Å². The first kappa shape index (κ1) is 19.3. The van der Waals surface area contributed by atoms with Crippen molar-refractivity contribution in [2.24, 2.45) is 23.7 Å². The zero-order valence-corrected chi connectivity index (χ0v) is 17.4. The number of nitrogens with zero attached hydrogens (tertiary/aromatic N) is 1. The fourth-order valence-corrected chi connectivity index (χ4v) is 5.33. The van der Waals surface area contributed by atoms with E-state index in [9.17, 15) is 14.4 Å². The molecule has 4 unspecified atom stereocenters. The Morgan fingerprint density at radius 3 is 1.87 bits per heavy atom. The number of amides is 2. The molecular formula is C25H23NO3S. The van der Waals surface area contributed by atoms with Gasteiger partial charge in [-0.25, -0.2) is 0 Å². The van der Waals surface area contributed by atoms with Crippen LogP contribution in [0, 0.1) is 23.7 Å². The van der Waals surface area contributed by atoms with E-state index in [1.807, 2.05) is 48.5 Å². The molecule has 5 heteroatoms. The molecule has 0 radical (unpaired) electrons. The molecule has 2 amide bonds. The lowest BCUT2D eigenvalue weighted by Crippen LogP contribution is -2.32. The van der Waals surface area contributed by atoms with Crippen LogP contribution in [0.1, 0.15) is 23.1 Å². The molecule has 4 nitrogen and oxygen atoms in total. The van der Waals surface area contributed by atoms with Crippen LogP contribution in [0.3, 0.4) is 0 Å². The summed E-state index contributed by atoms with van der Waals surface area (Å²) in [5.41, 5.74) is 3.92. The Hall–Kier alpha value is -2.66. The number of carbonyl (C=O) groups excluding carboxylic acids is 3. The summed E-state index contributed by atoms with van der Waals surface area (Å²) in [5, 5.41) is 0. The van der Waals surface area contributed by atoms with Crippen molar-refractivity contribution in [1.82, 2.24) is 0 Å². The number of benzene rings is 2. The normalized spacial score (nSPS) is 26.5. The van der Waals surface area contributed by atoms with E-state index < -0.39 is 0 Å². The number of anilines is 1. The predicted molar refractivity (Wildman–Crippen MR) is 118 cm³/mol. The minimum atomic E-state index is -0.167. The SMILES string of the molecule is O=C(CS)Cc1ccc(Cc2ccc(N3C(=O)C4C5C=CC(C5)C4C3=O)cc2)cc1. The molecule has 1 heterocycles. The highest BCUT2D eigenvalue weighted by Gasteiger charge is 2.59. The fourth-order valence-electron chi connectivity index (χ4n) is 5.21. The van der Waals surface area contributed by atoms with Crippen LogP contribution in [0.2, 0.25) is 0 Å². The van der Waals surface area contributed by atoms with Gasteiger partial charge in [-0.2, -0.15) is 12.6 Å². The number of carbonyl (C=O) groups is 3. The topological polar surface area (TPSA) is 54.5 Å². The van der Waals surface area contributed by atoms with Crippen molar-refractivity contribution in [3.05, 3.63) is 77.4 Å². The lowest BCUT2D eigenvalue weighted by atomic mass is 9.85. The summed E-state index contributed by atoms with van der Waals surface area (Å²) >= 11 is 4.02. The van der Waals surface area contributed by atoms with E-state index in [1.165, 1.54) is 4.90 Å². The molecule has 1 saturated heterocycles. The van der Waals surface area contributed by atoms with Gasteiger partial charge in [-0.3, -0.25) is 19.3 Å². The van der Waals surface area contributed by atoms with Crippen molar-refractivity contribution in [2.75, 3.05) is 10.7 Å². The Labute approximate surface area is 181 Å². The van der Waals surface area contributed by atoms with Crippen molar-refractivity contribution in [1.29, 1.82) is 0 Å². The zero-order chi connectivity index (χ0) is 20.8. The number of fused-ring (bicyclic) bond motifs is 5. The van der Waals surface area contributed by atoms with Crippen LogP contribution >= 0.6 is 12.6 Å². The number of imide groups is 1. The van der Waals surface area contributed by atoms with Crippen molar-refractivity contribution in [3.8, 4) is 0 Å². The minimum absolute atomic E-state index is 0.0408. The zero-order valence-electron chi connectivity index (χ0n) is 16.5. The summed E-state index contributed by atoms with van der Waals surface area (Å²) < 4.78 is 0. The molecule has 2 aliphatic carbocycles. The number of hydrogen-bond donors (Lipinski definition) is 1. The highest BCUT2D eigenvalue weighted by molar-refractivity contribution is 7.81.